The van der Waals surface area contributed by atoms with E-state index < -0.39 is 0 Å². The lowest BCUT2D eigenvalue weighted by atomic mass is 9.88. The predicted molar refractivity (Wildman–Crippen MR) is 110 cm³/mol. The van der Waals surface area contributed by atoms with E-state index in [1.807, 2.05) is 18.2 Å². The van der Waals surface area contributed by atoms with E-state index in [0.29, 0.717) is 11.9 Å². The van der Waals surface area contributed by atoms with Gasteiger partial charge in [0, 0.05) is 23.5 Å². The highest BCUT2D eigenvalue weighted by Crippen LogP contribution is 2.30. The maximum atomic E-state index is 12.7. The number of carbonyl (C=O) groups excluding carboxylic acids is 2. The summed E-state index contributed by atoms with van der Waals surface area (Å²) in [5.74, 6) is 0.250. The molecule has 1 saturated carbocycles. The summed E-state index contributed by atoms with van der Waals surface area (Å²) in [6.45, 7) is 0.578. The molecule has 2 amide bonds. The van der Waals surface area contributed by atoms with Gasteiger partial charge in [-0.3, -0.25) is 9.59 Å². The van der Waals surface area contributed by atoms with Crippen molar-refractivity contribution in [3.05, 3.63) is 42.0 Å². The quantitative estimate of drug-likeness (QED) is 0.684. The van der Waals surface area contributed by atoms with Crippen LogP contribution in [0.2, 0.25) is 0 Å². The highest BCUT2D eigenvalue weighted by molar-refractivity contribution is 9.09. The molecule has 0 saturated heterocycles. The highest BCUT2D eigenvalue weighted by Gasteiger charge is 2.21. The molecule has 26 heavy (non-hydrogen) atoms. The Labute approximate surface area is 162 Å². The predicted octanol–water partition coefficient (Wildman–Crippen LogP) is 4.41. The smallest absolute Gasteiger partial charge is 0.230 e. The van der Waals surface area contributed by atoms with Gasteiger partial charge in [0.25, 0.3) is 0 Å². The molecule has 0 unspecified atom stereocenters. The van der Waals surface area contributed by atoms with Crippen LogP contribution in [0.1, 0.15) is 37.7 Å². The number of nitrogens with one attached hydrogen (secondary N) is 2. The minimum atomic E-state index is -0.0175. The molecule has 1 aliphatic rings. The SMILES string of the molecule is O=C(CBr)NCCc1cccc2cccc(NC(=O)C3CCCCC3)c12. The molecule has 2 aromatic carbocycles. The zero-order valence-corrected chi connectivity index (χ0v) is 16.5. The number of hydrogen-bond donors (Lipinski definition) is 2. The molecule has 0 atom stereocenters. The number of carbonyl (C=O) groups is 2. The summed E-state index contributed by atoms with van der Waals surface area (Å²) in [6.07, 6.45) is 6.23. The lowest BCUT2D eigenvalue weighted by molar-refractivity contribution is -0.121. The second kappa shape index (κ2) is 9.17. The zero-order valence-electron chi connectivity index (χ0n) is 14.9. The number of hydrogen-bond acceptors (Lipinski definition) is 2. The van der Waals surface area contributed by atoms with Crippen molar-refractivity contribution in [2.45, 2.75) is 38.5 Å². The average molecular weight is 417 g/mol. The molecule has 0 spiro atoms. The summed E-state index contributed by atoms with van der Waals surface area (Å²) >= 11 is 3.16. The fourth-order valence-electron chi connectivity index (χ4n) is 3.71. The van der Waals surface area contributed by atoms with E-state index in [1.54, 1.807) is 0 Å². The summed E-state index contributed by atoms with van der Waals surface area (Å²) < 4.78 is 0. The van der Waals surface area contributed by atoms with Gasteiger partial charge in [-0.2, -0.15) is 0 Å². The highest BCUT2D eigenvalue weighted by atomic mass is 79.9. The summed E-state index contributed by atoms with van der Waals surface area (Å²) in [5.41, 5.74) is 2.01. The minimum Gasteiger partial charge on any atom is -0.355 e. The molecule has 0 aliphatic heterocycles. The third-order valence-electron chi connectivity index (χ3n) is 5.06. The maximum Gasteiger partial charge on any atom is 0.230 e. The Morgan fingerprint density at radius 3 is 2.50 bits per heavy atom. The van der Waals surface area contributed by atoms with Gasteiger partial charge >= 0.3 is 0 Å². The zero-order chi connectivity index (χ0) is 18.4. The topological polar surface area (TPSA) is 58.2 Å². The molecule has 1 aliphatic carbocycles. The van der Waals surface area contributed by atoms with Crippen LogP contribution in [0, 0.1) is 5.92 Å². The van der Waals surface area contributed by atoms with E-state index in [4.69, 9.17) is 0 Å². The molecule has 0 aromatic heterocycles. The average Bonchev–Trinajstić information content (AvgIpc) is 2.68. The molecular formula is C21H25BrN2O2. The number of halogens is 1. The van der Waals surface area contributed by atoms with E-state index >= 15 is 0 Å². The van der Waals surface area contributed by atoms with Gasteiger partial charge in [-0.25, -0.2) is 0 Å². The van der Waals surface area contributed by atoms with E-state index in [-0.39, 0.29) is 17.7 Å². The lowest BCUT2D eigenvalue weighted by Gasteiger charge is -2.21. The van der Waals surface area contributed by atoms with Crippen molar-refractivity contribution in [2.24, 2.45) is 5.92 Å². The molecule has 5 heteroatoms. The number of rotatable bonds is 6. The van der Waals surface area contributed by atoms with Crippen LogP contribution in [0.5, 0.6) is 0 Å². The fraction of sp³-hybridized carbons (Fsp3) is 0.429. The Hall–Kier alpha value is -1.88. The van der Waals surface area contributed by atoms with Crippen LogP contribution in [-0.2, 0) is 16.0 Å². The van der Waals surface area contributed by atoms with Gasteiger partial charge in [0.2, 0.25) is 11.8 Å². The van der Waals surface area contributed by atoms with Gasteiger partial charge < -0.3 is 10.6 Å². The summed E-state index contributed by atoms with van der Waals surface area (Å²) in [6, 6.07) is 12.2. The first-order chi connectivity index (χ1) is 12.7. The number of alkyl halides is 1. The van der Waals surface area contributed by atoms with Gasteiger partial charge in [-0.15, -0.1) is 0 Å². The second-order valence-electron chi connectivity index (χ2n) is 6.88. The van der Waals surface area contributed by atoms with Gasteiger partial charge in [0.15, 0.2) is 0 Å². The Kier molecular flexibility index (Phi) is 6.67. The van der Waals surface area contributed by atoms with Crippen LogP contribution in [0.15, 0.2) is 36.4 Å². The molecule has 138 valence electrons. The van der Waals surface area contributed by atoms with Crippen LogP contribution in [-0.4, -0.2) is 23.7 Å². The van der Waals surface area contributed by atoms with E-state index in [1.165, 1.54) is 6.42 Å². The monoisotopic (exact) mass is 416 g/mol. The Morgan fingerprint density at radius 2 is 1.77 bits per heavy atom. The number of amides is 2. The Bertz CT molecular complexity index is 779. The van der Waals surface area contributed by atoms with Crippen molar-refractivity contribution in [3.8, 4) is 0 Å². The molecule has 2 N–H and O–H groups in total. The molecule has 0 bridgehead atoms. The molecule has 1 fully saturated rings. The van der Waals surface area contributed by atoms with Crippen LogP contribution in [0.3, 0.4) is 0 Å². The maximum absolute atomic E-state index is 12.7. The first kappa shape index (κ1) is 18.9. The van der Waals surface area contributed by atoms with Crippen LogP contribution >= 0.6 is 15.9 Å². The standard InChI is InChI=1S/C21H25BrN2O2/c22-14-19(25)23-13-12-16-9-4-8-15-10-5-11-18(20(15)16)24-21(26)17-6-2-1-3-7-17/h4-5,8-11,17H,1-3,6-7,12-14H2,(H,23,25)(H,24,26). The fourth-order valence-corrected chi connectivity index (χ4v) is 3.91. The van der Waals surface area contributed by atoms with Gasteiger partial charge in [-0.05, 0) is 36.3 Å². The first-order valence-corrected chi connectivity index (χ1v) is 10.5. The molecule has 3 rings (SSSR count). The third kappa shape index (κ3) is 4.64. The van der Waals surface area contributed by atoms with Crippen molar-refractivity contribution < 1.29 is 9.59 Å². The summed E-state index contributed by atoms with van der Waals surface area (Å²) in [5, 5.41) is 8.55. The van der Waals surface area contributed by atoms with Crippen molar-refractivity contribution in [3.63, 3.8) is 0 Å². The van der Waals surface area contributed by atoms with Crippen molar-refractivity contribution in [1.82, 2.24) is 5.32 Å². The molecule has 2 aromatic rings. The van der Waals surface area contributed by atoms with Crippen LogP contribution in [0.4, 0.5) is 5.69 Å². The molecule has 0 heterocycles. The van der Waals surface area contributed by atoms with Crippen LogP contribution < -0.4 is 10.6 Å². The molecule has 0 radical (unpaired) electrons. The largest absolute Gasteiger partial charge is 0.355 e. The first-order valence-electron chi connectivity index (χ1n) is 9.33. The number of fused-ring (bicyclic) bond motifs is 1. The van der Waals surface area contributed by atoms with E-state index in [0.717, 1.165) is 54.1 Å². The second-order valence-corrected chi connectivity index (χ2v) is 7.44. The molecular weight excluding hydrogens is 392 g/mol. The third-order valence-corrected chi connectivity index (χ3v) is 5.57. The Balaban J connectivity index is 1.80. The van der Waals surface area contributed by atoms with Crippen molar-refractivity contribution in [1.29, 1.82) is 0 Å². The minimum absolute atomic E-state index is 0.0175. The van der Waals surface area contributed by atoms with Gasteiger partial charge in [0.05, 0.1) is 5.33 Å². The van der Waals surface area contributed by atoms with Crippen molar-refractivity contribution in [2.75, 3.05) is 17.2 Å². The summed E-state index contributed by atoms with van der Waals surface area (Å²) in [7, 11) is 0. The van der Waals surface area contributed by atoms with E-state index in [9.17, 15) is 9.59 Å². The van der Waals surface area contributed by atoms with E-state index in [2.05, 4.69) is 44.8 Å². The Morgan fingerprint density at radius 1 is 1.04 bits per heavy atom. The molecule has 4 nitrogen and oxygen atoms in total. The van der Waals surface area contributed by atoms with Crippen LogP contribution in [0.25, 0.3) is 10.8 Å². The summed E-state index contributed by atoms with van der Waals surface area (Å²) in [4.78, 5) is 24.1. The number of benzene rings is 2. The van der Waals surface area contributed by atoms with Gasteiger partial charge in [-0.1, -0.05) is 65.5 Å². The lowest BCUT2D eigenvalue weighted by Crippen LogP contribution is -2.26. The van der Waals surface area contributed by atoms with Crippen molar-refractivity contribution >= 4 is 44.2 Å². The number of anilines is 1. The van der Waals surface area contributed by atoms with Gasteiger partial charge in [0.1, 0.15) is 0 Å². The normalized spacial score (nSPS) is 15.0.